The molecule has 6 heteroatoms. The number of nitriles is 1. The van der Waals surface area contributed by atoms with Gasteiger partial charge >= 0.3 is 0 Å². The summed E-state index contributed by atoms with van der Waals surface area (Å²) in [5.41, 5.74) is 2.03. The molecule has 1 atom stereocenters. The number of halogens is 1. The largest absolute Gasteiger partial charge is 0.357 e. The lowest BCUT2D eigenvalue weighted by molar-refractivity contribution is 0.712. The monoisotopic (exact) mass is 342 g/mol. The zero-order valence-corrected chi connectivity index (χ0v) is 14.4. The van der Waals surface area contributed by atoms with Crippen LogP contribution in [-0.2, 0) is 0 Å². The molecule has 0 spiro atoms. The molecule has 4 nitrogen and oxygen atoms in total. The highest BCUT2D eigenvalue weighted by molar-refractivity contribution is 7.22. The second-order valence-electron chi connectivity index (χ2n) is 5.44. The number of benzene rings is 1. The standard InChI is InChI=1S/C17H15ClN4S/c1-11(8-19)9-22(2)17-16-14(20-10-21-17)7-15(23-16)12-3-5-13(18)6-4-12/h3-7,10-11H,9H2,1-2H3/t11-/m0/s1. The summed E-state index contributed by atoms with van der Waals surface area (Å²) in [7, 11) is 1.96. The average molecular weight is 343 g/mol. The van der Waals surface area contributed by atoms with Crippen molar-refractivity contribution in [1.29, 1.82) is 5.26 Å². The van der Waals surface area contributed by atoms with Gasteiger partial charge < -0.3 is 4.90 Å². The van der Waals surface area contributed by atoms with E-state index in [2.05, 4.69) is 22.1 Å². The van der Waals surface area contributed by atoms with Crippen LogP contribution in [0.1, 0.15) is 6.92 Å². The molecule has 0 aliphatic rings. The Morgan fingerprint density at radius 3 is 2.74 bits per heavy atom. The minimum atomic E-state index is -0.0549. The lowest BCUT2D eigenvalue weighted by atomic mass is 10.2. The lowest BCUT2D eigenvalue weighted by Crippen LogP contribution is -2.24. The topological polar surface area (TPSA) is 52.8 Å². The van der Waals surface area contributed by atoms with Gasteiger partial charge in [-0.25, -0.2) is 9.97 Å². The van der Waals surface area contributed by atoms with Gasteiger partial charge in [0.2, 0.25) is 0 Å². The Morgan fingerprint density at radius 2 is 2.04 bits per heavy atom. The Kier molecular flexibility index (Phi) is 4.46. The van der Waals surface area contributed by atoms with Crippen LogP contribution < -0.4 is 4.90 Å². The van der Waals surface area contributed by atoms with Crippen molar-refractivity contribution in [3.05, 3.63) is 41.7 Å². The molecule has 3 rings (SSSR count). The molecule has 0 unspecified atom stereocenters. The van der Waals surface area contributed by atoms with Gasteiger partial charge in [0, 0.05) is 23.5 Å². The van der Waals surface area contributed by atoms with Gasteiger partial charge in [-0.3, -0.25) is 0 Å². The smallest absolute Gasteiger partial charge is 0.149 e. The lowest BCUT2D eigenvalue weighted by Gasteiger charge is -2.19. The third-order valence-corrected chi connectivity index (χ3v) is 4.97. The molecule has 0 radical (unpaired) electrons. The summed E-state index contributed by atoms with van der Waals surface area (Å²) in [6.07, 6.45) is 1.57. The molecule has 2 heterocycles. The van der Waals surface area contributed by atoms with Crippen molar-refractivity contribution < 1.29 is 0 Å². The van der Waals surface area contributed by atoms with Crippen molar-refractivity contribution in [1.82, 2.24) is 9.97 Å². The van der Waals surface area contributed by atoms with Crippen LogP contribution in [-0.4, -0.2) is 23.6 Å². The summed E-state index contributed by atoms with van der Waals surface area (Å²) in [5, 5.41) is 9.72. The average Bonchev–Trinajstić information content (AvgIpc) is 2.99. The molecule has 2 aromatic heterocycles. The molecular formula is C17H15ClN4S. The molecule has 0 aliphatic carbocycles. The van der Waals surface area contributed by atoms with E-state index in [-0.39, 0.29) is 5.92 Å². The Balaban J connectivity index is 2.01. The molecular weight excluding hydrogens is 328 g/mol. The maximum atomic E-state index is 9.00. The molecule has 1 aromatic carbocycles. The number of hydrogen-bond acceptors (Lipinski definition) is 5. The normalized spacial score (nSPS) is 12.1. The highest BCUT2D eigenvalue weighted by Crippen LogP contribution is 2.36. The van der Waals surface area contributed by atoms with Gasteiger partial charge in [-0.1, -0.05) is 23.7 Å². The van der Waals surface area contributed by atoms with E-state index >= 15 is 0 Å². The van der Waals surface area contributed by atoms with Crippen LogP contribution in [0.5, 0.6) is 0 Å². The Labute approximate surface area is 144 Å². The van der Waals surface area contributed by atoms with Crippen molar-refractivity contribution in [2.75, 3.05) is 18.5 Å². The molecule has 116 valence electrons. The SMILES string of the molecule is C[C@@H](C#N)CN(C)c1ncnc2cc(-c3ccc(Cl)cc3)sc12. The zero-order valence-electron chi connectivity index (χ0n) is 12.8. The van der Waals surface area contributed by atoms with Crippen LogP contribution in [0, 0.1) is 17.2 Å². The second-order valence-corrected chi connectivity index (χ2v) is 6.93. The van der Waals surface area contributed by atoms with E-state index in [1.165, 1.54) is 0 Å². The van der Waals surface area contributed by atoms with E-state index < -0.39 is 0 Å². The van der Waals surface area contributed by atoms with Crippen molar-refractivity contribution in [3.63, 3.8) is 0 Å². The van der Waals surface area contributed by atoms with Crippen molar-refractivity contribution in [2.24, 2.45) is 5.92 Å². The summed E-state index contributed by atoms with van der Waals surface area (Å²) in [6.45, 7) is 2.54. The first-order valence-electron chi connectivity index (χ1n) is 7.19. The molecule has 0 aliphatic heterocycles. The van der Waals surface area contributed by atoms with E-state index in [1.54, 1.807) is 17.7 Å². The highest BCUT2D eigenvalue weighted by Gasteiger charge is 2.15. The third-order valence-electron chi connectivity index (χ3n) is 3.55. The fourth-order valence-electron chi connectivity index (χ4n) is 2.41. The number of hydrogen-bond donors (Lipinski definition) is 0. The van der Waals surface area contributed by atoms with Crippen LogP contribution in [0.4, 0.5) is 5.82 Å². The van der Waals surface area contributed by atoms with E-state index in [1.807, 2.05) is 43.1 Å². The molecule has 0 N–H and O–H groups in total. The number of rotatable bonds is 4. The van der Waals surface area contributed by atoms with E-state index in [9.17, 15) is 0 Å². The maximum Gasteiger partial charge on any atom is 0.149 e. The minimum absolute atomic E-state index is 0.0549. The molecule has 3 aromatic rings. The summed E-state index contributed by atoms with van der Waals surface area (Å²) in [4.78, 5) is 11.9. The summed E-state index contributed by atoms with van der Waals surface area (Å²) in [5.74, 6) is 0.808. The number of nitrogens with zero attached hydrogens (tertiary/aromatic N) is 4. The number of aromatic nitrogens is 2. The summed E-state index contributed by atoms with van der Waals surface area (Å²) >= 11 is 7.61. The summed E-state index contributed by atoms with van der Waals surface area (Å²) < 4.78 is 1.03. The fraction of sp³-hybridized carbons (Fsp3) is 0.235. The predicted octanol–water partition coefficient (Wildman–Crippen LogP) is 4.61. The van der Waals surface area contributed by atoms with Gasteiger partial charge in [0.05, 0.1) is 22.2 Å². The van der Waals surface area contributed by atoms with Gasteiger partial charge in [0.15, 0.2) is 0 Å². The summed E-state index contributed by atoms with van der Waals surface area (Å²) in [6, 6.07) is 12.1. The van der Waals surface area contributed by atoms with Gasteiger partial charge in [0.1, 0.15) is 12.1 Å². The van der Waals surface area contributed by atoms with E-state index in [4.69, 9.17) is 16.9 Å². The second kappa shape index (κ2) is 6.53. The van der Waals surface area contributed by atoms with Gasteiger partial charge in [0.25, 0.3) is 0 Å². The minimum Gasteiger partial charge on any atom is -0.357 e. The highest BCUT2D eigenvalue weighted by atomic mass is 35.5. The quantitative estimate of drug-likeness (QED) is 0.694. The first-order chi connectivity index (χ1) is 11.1. The van der Waals surface area contributed by atoms with Crippen LogP contribution in [0.25, 0.3) is 20.7 Å². The van der Waals surface area contributed by atoms with Crippen molar-refractivity contribution in [3.8, 4) is 16.5 Å². The number of thiophene rings is 1. The van der Waals surface area contributed by atoms with Gasteiger partial charge in [-0.05, 0) is 30.7 Å². The Hall–Kier alpha value is -2.16. The number of fused-ring (bicyclic) bond motifs is 1. The van der Waals surface area contributed by atoms with E-state index in [0.717, 1.165) is 31.5 Å². The van der Waals surface area contributed by atoms with E-state index in [0.29, 0.717) is 6.54 Å². The maximum absolute atomic E-state index is 9.00. The Morgan fingerprint density at radius 1 is 1.30 bits per heavy atom. The van der Waals surface area contributed by atoms with Crippen LogP contribution in [0.2, 0.25) is 5.02 Å². The molecule has 0 bridgehead atoms. The molecule has 0 saturated heterocycles. The van der Waals surface area contributed by atoms with Crippen LogP contribution in [0.3, 0.4) is 0 Å². The third kappa shape index (κ3) is 3.29. The Bertz CT molecular complexity index is 866. The zero-order chi connectivity index (χ0) is 16.4. The molecule has 0 amide bonds. The van der Waals surface area contributed by atoms with Crippen LogP contribution in [0.15, 0.2) is 36.7 Å². The molecule has 23 heavy (non-hydrogen) atoms. The first-order valence-corrected chi connectivity index (χ1v) is 8.39. The van der Waals surface area contributed by atoms with Gasteiger partial charge in [-0.15, -0.1) is 11.3 Å². The van der Waals surface area contributed by atoms with Gasteiger partial charge in [-0.2, -0.15) is 5.26 Å². The predicted molar refractivity (Wildman–Crippen MR) is 95.9 cm³/mol. The molecule has 0 saturated carbocycles. The fourth-order valence-corrected chi connectivity index (χ4v) is 3.69. The van der Waals surface area contributed by atoms with Crippen molar-refractivity contribution >= 4 is 39.0 Å². The van der Waals surface area contributed by atoms with Crippen molar-refractivity contribution in [2.45, 2.75) is 6.92 Å². The van der Waals surface area contributed by atoms with Crippen LogP contribution >= 0.6 is 22.9 Å². The molecule has 0 fully saturated rings. The number of anilines is 1. The first kappa shape index (κ1) is 15.7.